The summed E-state index contributed by atoms with van der Waals surface area (Å²) in [4.78, 5) is 28.0. The summed E-state index contributed by atoms with van der Waals surface area (Å²) in [7, 11) is 0. The van der Waals surface area contributed by atoms with Crippen LogP contribution in [0.5, 0.6) is 0 Å². The molecule has 5 heteroatoms. The van der Waals surface area contributed by atoms with Crippen molar-refractivity contribution in [2.75, 3.05) is 12.4 Å². The molecule has 0 saturated carbocycles. The molecule has 156 valence electrons. The van der Waals surface area contributed by atoms with Crippen molar-refractivity contribution < 1.29 is 14.3 Å². The summed E-state index contributed by atoms with van der Waals surface area (Å²) >= 11 is 1.70. The van der Waals surface area contributed by atoms with E-state index in [1.54, 1.807) is 16.7 Å². The highest BCUT2D eigenvalue weighted by Crippen LogP contribution is 2.35. The van der Waals surface area contributed by atoms with E-state index in [1.807, 2.05) is 56.3 Å². The van der Waals surface area contributed by atoms with Gasteiger partial charge in [-0.3, -0.25) is 4.79 Å². The van der Waals surface area contributed by atoms with Gasteiger partial charge in [-0.1, -0.05) is 70.4 Å². The fourth-order valence-electron chi connectivity index (χ4n) is 3.63. The smallest absolute Gasteiger partial charge is 0.329 e. The summed E-state index contributed by atoms with van der Waals surface area (Å²) < 4.78 is 5.50. The number of nitrogens with zero attached hydrogens (tertiary/aromatic N) is 1. The maximum atomic E-state index is 13.5. The summed E-state index contributed by atoms with van der Waals surface area (Å²) in [5.41, 5.74) is 0.633. The van der Waals surface area contributed by atoms with Gasteiger partial charge in [0.2, 0.25) is 0 Å². The van der Waals surface area contributed by atoms with Gasteiger partial charge in [0.25, 0.3) is 5.91 Å². The Bertz CT molecular complexity index is 851. The summed E-state index contributed by atoms with van der Waals surface area (Å²) in [5.74, 6) is 0.526. The summed E-state index contributed by atoms with van der Waals surface area (Å²) in [6.45, 7) is 6.59. The first-order valence-electron chi connectivity index (χ1n) is 10.6. The zero-order valence-electron chi connectivity index (χ0n) is 17.6. The zero-order valence-corrected chi connectivity index (χ0v) is 18.4. The maximum absolute atomic E-state index is 13.5. The minimum absolute atomic E-state index is 0.0251. The van der Waals surface area contributed by atoms with E-state index in [0.29, 0.717) is 17.9 Å². The third-order valence-electron chi connectivity index (χ3n) is 5.21. The Hall–Kier alpha value is -2.01. The molecule has 1 heterocycles. The van der Waals surface area contributed by atoms with Crippen molar-refractivity contribution in [1.29, 1.82) is 0 Å². The molecule has 0 N–H and O–H groups in total. The molecular formula is C24H31NO3S. The van der Waals surface area contributed by atoms with E-state index in [2.05, 4.69) is 6.92 Å². The summed E-state index contributed by atoms with van der Waals surface area (Å²) in [6, 6.07) is 13.3. The fraction of sp³-hybridized carbons (Fsp3) is 0.500. The van der Waals surface area contributed by atoms with Crippen LogP contribution in [0.25, 0.3) is 10.8 Å². The van der Waals surface area contributed by atoms with Crippen LogP contribution in [-0.2, 0) is 9.53 Å². The van der Waals surface area contributed by atoms with E-state index < -0.39 is 6.04 Å². The first kappa shape index (κ1) is 21.7. The van der Waals surface area contributed by atoms with Gasteiger partial charge in [-0.25, -0.2) is 4.79 Å². The number of esters is 1. The van der Waals surface area contributed by atoms with Gasteiger partial charge in [0.15, 0.2) is 0 Å². The molecule has 2 unspecified atom stereocenters. The molecule has 1 aliphatic heterocycles. The van der Waals surface area contributed by atoms with Crippen molar-refractivity contribution in [1.82, 2.24) is 4.90 Å². The van der Waals surface area contributed by atoms with E-state index in [9.17, 15) is 9.59 Å². The second kappa shape index (κ2) is 10.1. The lowest BCUT2D eigenvalue weighted by molar-refractivity contribution is -0.149. The van der Waals surface area contributed by atoms with Gasteiger partial charge in [-0.15, -0.1) is 11.8 Å². The standard InChI is InChI=1S/C24H31NO3S/c1-4-5-6-11-22-25(21(16-29-22)24(27)28-15-17(2)3)23(26)20-13-12-18-9-7-8-10-19(18)14-20/h7-10,12-14,17,21-22H,4-6,11,15-16H2,1-3H3. The number of carbonyl (C=O) groups is 2. The number of amides is 1. The van der Waals surface area contributed by atoms with Crippen molar-refractivity contribution in [3.05, 3.63) is 48.0 Å². The van der Waals surface area contributed by atoms with Crippen LogP contribution >= 0.6 is 11.8 Å². The number of rotatable bonds is 8. The molecule has 1 fully saturated rings. The quantitative estimate of drug-likeness (QED) is 0.423. The average Bonchev–Trinajstić information content (AvgIpc) is 3.15. The Morgan fingerprint density at radius 3 is 2.62 bits per heavy atom. The highest BCUT2D eigenvalue weighted by molar-refractivity contribution is 8.00. The Labute approximate surface area is 178 Å². The number of thioether (sulfide) groups is 1. The van der Waals surface area contributed by atoms with Crippen LogP contribution in [0.2, 0.25) is 0 Å². The number of fused-ring (bicyclic) bond motifs is 1. The number of benzene rings is 2. The number of hydrogen-bond acceptors (Lipinski definition) is 4. The van der Waals surface area contributed by atoms with E-state index in [1.165, 1.54) is 0 Å². The lowest BCUT2D eigenvalue weighted by Crippen LogP contribution is -2.46. The molecule has 1 saturated heterocycles. The molecule has 0 bridgehead atoms. The number of ether oxygens (including phenoxy) is 1. The molecule has 2 aromatic rings. The summed E-state index contributed by atoms with van der Waals surface area (Å²) in [6.07, 6.45) is 4.24. The first-order valence-corrected chi connectivity index (χ1v) is 11.7. The van der Waals surface area contributed by atoms with Gasteiger partial charge in [-0.05, 0) is 35.2 Å². The second-order valence-corrected chi connectivity index (χ2v) is 9.31. The molecule has 3 rings (SSSR count). The Balaban J connectivity index is 1.84. The van der Waals surface area contributed by atoms with Crippen LogP contribution in [0.15, 0.2) is 42.5 Å². The third-order valence-corrected chi connectivity index (χ3v) is 6.56. The highest BCUT2D eigenvalue weighted by Gasteiger charge is 2.42. The molecule has 1 amide bonds. The minimum atomic E-state index is -0.510. The Morgan fingerprint density at radius 1 is 1.14 bits per heavy atom. The molecule has 0 spiro atoms. The molecule has 29 heavy (non-hydrogen) atoms. The van der Waals surface area contributed by atoms with E-state index in [0.717, 1.165) is 36.5 Å². The predicted molar refractivity (Wildman–Crippen MR) is 120 cm³/mol. The van der Waals surface area contributed by atoms with Crippen LogP contribution in [0.3, 0.4) is 0 Å². The van der Waals surface area contributed by atoms with Crippen LogP contribution in [0.1, 0.15) is 56.8 Å². The third kappa shape index (κ3) is 5.33. The second-order valence-electron chi connectivity index (χ2n) is 8.10. The zero-order chi connectivity index (χ0) is 20.8. The SMILES string of the molecule is CCCCCC1SCC(C(=O)OCC(C)C)N1C(=O)c1ccc2ccccc2c1. The van der Waals surface area contributed by atoms with Crippen LogP contribution in [-0.4, -0.2) is 40.6 Å². The molecule has 4 nitrogen and oxygen atoms in total. The topological polar surface area (TPSA) is 46.6 Å². The van der Waals surface area contributed by atoms with Gasteiger partial charge in [0.1, 0.15) is 6.04 Å². The molecular weight excluding hydrogens is 382 g/mol. The number of unbranched alkanes of at least 4 members (excludes halogenated alkanes) is 2. The maximum Gasteiger partial charge on any atom is 0.329 e. The first-order chi connectivity index (χ1) is 14.0. The van der Waals surface area contributed by atoms with Crippen LogP contribution in [0.4, 0.5) is 0 Å². The lowest BCUT2D eigenvalue weighted by atomic mass is 10.1. The normalized spacial score (nSPS) is 19.1. The van der Waals surface area contributed by atoms with Crippen molar-refractivity contribution in [3.8, 4) is 0 Å². The van der Waals surface area contributed by atoms with E-state index >= 15 is 0 Å². The lowest BCUT2D eigenvalue weighted by Gasteiger charge is -2.29. The van der Waals surface area contributed by atoms with Gasteiger partial charge in [-0.2, -0.15) is 0 Å². The Morgan fingerprint density at radius 2 is 1.90 bits per heavy atom. The van der Waals surface area contributed by atoms with Crippen molar-refractivity contribution in [2.45, 2.75) is 57.9 Å². The highest BCUT2D eigenvalue weighted by atomic mass is 32.2. The minimum Gasteiger partial charge on any atom is -0.464 e. The van der Waals surface area contributed by atoms with Crippen LogP contribution in [0, 0.1) is 5.92 Å². The molecule has 0 aromatic heterocycles. The van der Waals surface area contributed by atoms with Gasteiger partial charge in [0.05, 0.1) is 12.0 Å². The average molecular weight is 414 g/mol. The van der Waals surface area contributed by atoms with Crippen molar-refractivity contribution in [3.63, 3.8) is 0 Å². The molecule has 2 aromatic carbocycles. The molecule has 0 radical (unpaired) electrons. The van der Waals surface area contributed by atoms with Crippen molar-refractivity contribution in [2.24, 2.45) is 5.92 Å². The molecule has 2 atom stereocenters. The number of hydrogen-bond donors (Lipinski definition) is 0. The fourth-order valence-corrected chi connectivity index (χ4v) is 5.06. The van der Waals surface area contributed by atoms with E-state index in [4.69, 9.17) is 4.74 Å². The van der Waals surface area contributed by atoms with Crippen molar-refractivity contribution >= 4 is 34.4 Å². The predicted octanol–water partition coefficient (Wildman–Crippen LogP) is 5.50. The van der Waals surface area contributed by atoms with Gasteiger partial charge in [0, 0.05) is 11.3 Å². The van der Waals surface area contributed by atoms with Crippen LogP contribution < -0.4 is 0 Å². The van der Waals surface area contributed by atoms with E-state index in [-0.39, 0.29) is 23.2 Å². The molecule has 1 aliphatic rings. The largest absolute Gasteiger partial charge is 0.464 e. The van der Waals surface area contributed by atoms with Gasteiger partial charge < -0.3 is 9.64 Å². The monoisotopic (exact) mass is 413 g/mol. The Kier molecular flexibility index (Phi) is 7.59. The van der Waals surface area contributed by atoms with Gasteiger partial charge >= 0.3 is 5.97 Å². The summed E-state index contributed by atoms with van der Waals surface area (Å²) in [5, 5.41) is 2.16. The molecule has 0 aliphatic carbocycles. The number of carbonyl (C=O) groups excluding carboxylic acids is 2.